The maximum atomic E-state index is 12.4. The molecule has 0 saturated carbocycles. The van der Waals surface area contributed by atoms with Crippen molar-refractivity contribution in [3.05, 3.63) is 11.1 Å². The lowest BCUT2D eigenvalue weighted by atomic mass is 9.88. The van der Waals surface area contributed by atoms with Crippen molar-refractivity contribution in [2.45, 2.75) is 51.3 Å². The van der Waals surface area contributed by atoms with Gasteiger partial charge in [0.05, 0.1) is 6.04 Å². The summed E-state index contributed by atoms with van der Waals surface area (Å²) in [5, 5.41) is 11.6. The van der Waals surface area contributed by atoms with E-state index in [1.54, 1.807) is 20.8 Å². The number of hydrogen-bond acceptors (Lipinski definition) is 8. The molecule has 2 aliphatic heterocycles. The molecule has 11 nitrogen and oxygen atoms in total. The van der Waals surface area contributed by atoms with Crippen molar-refractivity contribution >= 4 is 46.1 Å². The summed E-state index contributed by atoms with van der Waals surface area (Å²) in [5.74, 6) is -2.63. The number of amides is 4. The zero-order valence-electron chi connectivity index (χ0n) is 16.7. The summed E-state index contributed by atoms with van der Waals surface area (Å²) in [6, 6.07) is -1.30. The van der Waals surface area contributed by atoms with Gasteiger partial charge in [-0.2, -0.15) is 0 Å². The SMILES string of the molecule is CC(C)(C)OC(=O)Nc1nc(C(=O)C(=O)N[C@@H]2C(=O)N[C@@H]2CC2CCNC2=O)cs1. The lowest BCUT2D eigenvalue weighted by molar-refractivity contribution is -0.136. The van der Waals surface area contributed by atoms with Crippen molar-refractivity contribution in [2.24, 2.45) is 5.92 Å². The average Bonchev–Trinajstić information content (AvgIpc) is 3.26. The van der Waals surface area contributed by atoms with Crippen molar-refractivity contribution < 1.29 is 28.7 Å². The maximum Gasteiger partial charge on any atom is 0.413 e. The Morgan fingerprint density at radius 2 is 2.00 bits per heavy atom. The Hall–Kier alpha value is -3.02. The average molecular weight is 437 g/mol. The molecule has 3 heterocycles. The van der Waals surface area contributed by atoms with E-state index in [4.69, 9.17) is 4.74 Å². The van der Waals surface area contributed by atoms with Gasteiger partial charge in [0.1, 0.15) is 17.3 Å². The minimum Gasteiger partial charge on any atom is -0.444 e. The molecule has 0 bridgehead atoms. The zero-order valence-corrected chi connectivity index (χ0v) is 17.6. The monoisotopic (exact) mass is 437 g/mol. The maximum absolute atomic E-state index is 12.4. The molecule has 3 rings (SSSR count). The number of Topliss-reactive ketones (excluding diaryl/α,β-unsaturated/α-hetero) is 1. The molecule has 2 fully saturated rings. The van der Waals surface area contributed by atoms with Crippen molar-refractivity contribution in [3.63, 3.8) is 0 Å². The van der Waals surface area contributed by atoms with Crippen LogP contribution < -0.4 is 21.3 Å². The molecular weight excluding hydrogens is 414 g/mol. The van der Waals surface area contributed by atoms with Gasteiger partial charge in [0.25, 0.3) is 11.7 Å². The Morgan fingerprint density at radius 3 is 2.60 bits per heavy atom. The highest BCUT2D eigenvalue weighted by Gasteiger charge is 2.43. The Balaban J connectivity index is 1.54. The molecule has 0 aromatic carbocycles. The van der Waals surface area contributed by atoms with Gasteiger partial charge in [-0.3, -0.25) is 24.5 Å². The number of ketones is 1. The van der Waals surface area contributed by atoms with Crippen molar-refractivity contribution in [1.82, 2.24) is 20.9 Å². The molecule has 4 N–H and O–H groups in total. The predicted molar refractivity (Wildman–Crippen MR) is 106 cm³/mol. The topological polar surface area (TPSA) is 156 Å². The smallest absolute Gasteiger partial charge is 0.413 e. The third-order valence-corrected chi connectivity index (χ3v) is 5.31. The van der Waals surface area contributed by atoms with Crippen LogP contribution in [0.15, 0.2) is 5.38 Å². The summed E-state index contributed by atoms with van der Waals surface area (Å²) < 4.78 is 5.10. The van der Waals surface area contributed by atoms with Gasteiger partial charge in [0, 0.05) is 17.8 Å². The Morgan fingerprint density at radius 1 is 1.27 bits per heavy atom. The van der Waals surface area contributed by atoms with Crippen LogP contribution in [0.1, 0.15) is 44.1 Å². The molecule has 2 aliphatic rings. The number of hydrogen-bond donors (Lipinski definition) is 4. The molecule has 12 heteroatoms. The largest absolute Gasteiger partial charge is 0.444 e. The molecule has 0 aliphatic carbocycles. The van der Waals surface area contributed by atoms with Crippen LogP contribution in [0.25, 0.3) is 0 Å². The van der Waals surface area contributed by atoms with E-state index in [0.29, 0.717) is 19.4 Å². The summed E-state index contributed by atoms with van der Waals surface area (Å²) in [4.78, 5) is 63.8. The second-order valence-electron chi connectivity index (χ2n) is 8.07. The fourth-order valence-electron chi connectivity index (χ4n) is 3.13. The Bertz CT molecular complexity index is 892. The standard InChI is InChI=1S/C18H23N5O6S/c1-18(2,3)29-17(28)23-16-21-10(7-30-16)12(24)15(27)22-11-9(20-14(11)26)6-8-4-5-19-13(8)25/h7-9,11H,4-6H2,1-3H3,(H,19,25)(H,20,26)(H,22,27)(H,21,23,28)/t8?,9-,11+/m1/s1. The molecule has 1 aromatic heterocycles. The fraction of sp³-hybridized carbons (Fsp3) is 0.556. The Labute approximate surface area is 176 Å². The quantitative estimate of drug-likeness (QED) is 0.281. The van der Waals surface area contributed by atoms with Gasteiger partial charge in [0.15, 0.2) is 5.13 Å². The number of β-lactam (4-membered cyclic amide) rings is 1. The van der Waals surface area contributed by atoms with E-state index in [0.717, 1.165) is 11.3 Å². The zero-order chi connectivity index (χ0) is 22.1. The number of anilines is 1. The molecule has 162 valence electrons. The molecule has 2 saturated heterocycles. The molecule has 1 unspecified atom stereocenters. The minimum absolute atomic E-state index is 0.0789. The normalized spacial score (nSPS) is 23.1. The molecule has 3 atom stereocenters. The lowest BCUT2D eigenvalue weighted by Crippen LogP contribution is -2.70. The van der Waals surface area contributed by atoms with Crippen LogP contribution in [-0.4, -0.2) is 58.8 Å². The van der Waals surface area contributed by atoms with Gasteiger partial charge in [0.2, 0.25) is 11.8 Å². The molecule has 0 radical (unpaired) electrons. The molecule has 1 aromatic rings. The summed E-state index contributed by atoms with van der Waals surface area (Å²) in [6.07, 6.45) is 0.319. The van der Waals surface area contributed by atoms with Gasteiger partial charge in [-0.25, -0.2) is 9.78 Å². The highest BCUT2D eigenvalue weighted by molar-refractivity contribution is 7.14. The third-order valence-electron chi connectivity index (χ3n) is 4.55. The number of thiazole rings is 1. The third kappa shape index (κ3) is 5.12. The van der Waals surface area contributed by atoms with E-state index in [1.165, 1.54) is 5.38 Å². The van der Waals surface area contributed by atoms with Gasteiger partial charge >= 0.3 is 6.09 Å². The molecule has 30 heavy (non-hydrogen) atoms. The second kappa shape index (κ2) is 8.38. The number of aromatic nitrogens is 1. The van der Waals surface area contributed by atoms with Gasteiger partial charge in [-0.05, 0) is 33.6 Å². The number of carbonyl (C=O) groups is 5. The summed E-state index contributed by atoms with van der Waals surface area (Å²) >= 11 is 0.963. The second-order valence-corrected chi connectivity index (χ2v) is 8.93. The Kier molecular flexibility index (Phi) is 6.06. The molecular formula is C18H23N5O6S. The van der Waals surface area contributed by atoms with Gasteiger partial charge in [-0.15, -0.1) is 11.3 Å². The van der Waals surface area contributed by atoms with Crippen LogP contribution in [0.5, 0.6) is 0 Å². The van der Waals surface area contributed by atoms with Gasteiger partial charge < -0.3 is 20.7 Å². The van der Waals surface area contributed by atoms with Crippen LogP contribution >= 0.6 is 11.3 Å². The first kappa shape index (κ1) is 21.7. The van der Waals surface area contributed by atoms with Crippen LogP contribution in [-0.2, 0) is 19.1 Å². The minimum atomic E-state index is -0.982. The van der Waals surface area contributed by atoms with E-state index >= 15 is 0 Å². The fourth-order valence-corrected chi connectivity index (χ4v) is 3.81. The van der Waals surface area contributed by atoms with Crippen LogP contribution in [0, 0.1) is 5.92 Å². The highest BCUT2D eigenvalue weighted by Crippen LogP contribution is 2.22. The van der Waals surface area contributed by atoms with E-state index < -0.39 is 41.4 Å². The summed E-state index contributed by atoms with van der Waals surface area (Å²) in [5.41, 5.74) is -0.853. The van der Waals surface area contributed by atoms with E-state index in [1.807, 2.05) is 0 Å². The number of carbonyl (C=O) groups excluding carboxylic acids is 5. The number of ether oxygens (including phenoxy) is 1. The first-order valence-electron chi connectivity index (χ1n) is 9.42. The summed E-state index contributed by atoms with van der Waals surface area (Å²) in [7, 11) is 0. The number of nitrogens with one attached hydrogen (secondary N) is 4. The van der Waals surface area contributed by atoms with Gasteiger partial charge in [-0.1, -0.05) is 0 Å². The first-order valence-corrected chi connectivity index (χ1v) is 10.3. The van der Waals surface area contributed by atoms with E-state index in [9.17, 15) is 24.0 Å². The molecule has 4 amide bonds. The van der Waals surface area contributed by atoms with E-state index in [2.05, 4.69) is 26.3 Å². The first-order chi connectivity index (χ1) is 14.0. The lowest BCUT2D eigenvalue weighted by Gasteiger charge is -2.37. The van der Waals surface area contributed by atoms with Crippen LogP contribution in [0.2, 0.25) is 0 Å². The molecule has 0 spiro atoms. The van der Waals surface area contributed by atoms with Crippen LogP contribution in [0.4, 0.5) is 9.93 Å². The van der Waals surface area contributed by atoms with Crippen molar-refractivity contribution in [1.29, 1.82) is 0 Å². The van der Waals surface area contributed by atoms with Crippen molar-refractivity contribution in [3.8, 4) is 0 Å². The van der Waals surface area contributed by atoms with Crippen molar-refractivity contribution in [2.75, 3.05) is 11.9 Å². The predicted octanol–water partition coefficient (Wildman–Crippen LogP) is 0.182. The van der Waals surface area contributed by atoms with Crippen LogP contribution in [0.3, 0.4) is 0 Å². The van der Waals surface area contributed by atoms with E-state index in [-0.39, 0.29) is 22.7 Å². The number of nitrogens with zero attached hydrogens (tertiary/aromatic N) is 1. The number of rotatable bonds is 6. The summed E-state index contributed by atoms with van der Waals surface area (Å²) in [6.45, 7) is 5.70. The highest BCUT2D eigenvalue weighted by atomic mass is 32.1.